The van der Waals surface area contributed by atoms with Crippen LogP contribution in [0.3, 0.4) is 0 Å². The first-order chi connectivity index (χ1) is 18.9. The summed E-state index contributed by atoms with van der Waals surface area (Å²) >= 11 is 7.86. The van der Waals surface area contributed by atoms with Crippen LogP contribution in [0.5, 0.6) is 11.5 Å². The highest BCUT2D eigenvalue weighted by molar-refractivity contribution is 7.17. The number of halogens is 1. The van der Waals surface area contributed by atoms with Gasteiger partial charge in [-0.25, -0.2) is 9.78 Å². The Kier molecular flexibility index (Phi) is 7.81. The zero-order valence-electron chi connectivity index (χ0n) is 22.0. The third kappa shape index (κ3) is 5.46. The zero-order chi connectivity index (χ0) is 27.5. The van der Waals surface area contributed by atoms with Crippen LogP contribution in [-0.4, -0.2) is 39.4 Å². The third-order valence-corrected chi connectivity index (χ3v) is 7.73. The van der Waals surface area contributed by atoms with Crippen molar-refractivity contribution >= 4 is 39.0 Å². The quantitative estimate of drug-likeness (QED) is 0.147. The Morgan fingerprint density at radius 2 is 1.90 bits per heavy atom. The number of hydrogen-bond acceptors (Lipinski definition) is 8. The summed E-state index contributed by atoms with van der Waals surface area (Å²) in [5.74, 6) is 2.67. The van der Waals surface area contributed by atoms with Gasteiger partial charge < -0.3 is 18.8 Å². The van der Waals surface area contributed by atoms with Crippen LogP contribution in [0.15, 0.2) is 54.0 Å². The second-order valence-corrected chi connectivity index (χ2v) is 10.2. The molecule has 0 aliphatic heterocycles. The smallest absolute Gasteiger partial charge is 0.341 e. The van der Waals surface area contributed by atoms with Crippen molar-refractivity contribution in [2.75, 3.05) is 13.7 Å². The molecular weight excluding hydrogens is 536 g/mol. The molecule has 5 aromatic rings. The van der Waals surface area contributed by atoms with Gasteiger partial charge in [0.1, 0.15) is 29.1 Å². The number of carbonyl (C=O) groups excluding carboxylic acids is 1. The van der Waals surface area contributed by atoms with Crippen molar-refractivity contribution in [2.24, 2.45) is 0 Å². The van der Waals surface area contributed by atoms with Crippen molar-refractivity contribution in [3.05, 3.63) is 87.3 Å². The number of nitrogens with zero attached hydrogens (tertiary/aromatic N) is 4. The number of esters is 1. The fourth-order valence-corrected chi connectivity index (χ4v) is 5.65. The van der Waals surface area contributed by atoms with E-state index in [1.54, 1.807) is 14.0 Å². The number of thiophene rings is 1. The maximum Gasteiger partial charge on any atom is 0.341 e. The molecule has 5 rings (SSSR count). The number of aryl methyl sites for hydroxylation is 2. The van der Waals surface area contributed by atoms with E-state index in [1.807, 2.05) is 61.7 Å². The van der Waals surface area contributed by atoms with Gasteiger partial charge in [-0.05, 0) is 55.5 Å². The molecule has 0 fully saturated rings. The van der Waals surface area contributed by atoms with Gasteiger partial charge in [-0.2, -0.15) is 0 Å². The molecule has 39 heavy (non-hydrogen) atoms. The number of benzene rings is 2. The average molecular weight is 563 g/mol. The molecule has 0 aliphatic rings. The molecule has 0 N–H and O–H groups in total. The highest BCUT2D eigenvalue weighted by atomic mass is 35.5. The minimum Gasteiger partial charge on any atom is -0.497 e. The van der Waals surface area contributed by atoms with Crippen molar-refractivity contribution in [2.45, 2.75) is 33.9 Å². The summed E-state index contributed by atoms with van der Waals surface area (Å²) in [5, 5.41) is 11.8. The number of rotatable bonds is 9. The summed E-state index contributed by atoms with van der Waals surface area (Å²) in [6.45, 7) is 6.87. The lowest BCUT2D eigenvalue weighted by Crippen LogP contribution is -2.06. The van der Waals surface area contributed by atoms with E-state index in [-0.39, 0.29) is 13.2 Å². The Bertz CT molecular complexity index is 1650. The predicted molar refractivity (Wildman–Crippen MR) is 152 cm³/mol. The SMILES string of the molecule is CCOC(=O)c1cnc(Cl)c2c(COc3cc(-c4nnc(C)n4Cc4ccc(OC)cc4)ccc3C)csc12. The van der Waals surface area contributed by atoms with Crippen LogP contribution >= 0.6 is 22.9 Å². The Labute approximate surface area is 235 Å². The van der Waals surface area contributed by atoms with Crippen LogP contribution in [0.4, 0.5) is 0 Å². The van der Waals surface area contributed by atoms with Gasteiger partial charge in [-0.15, -0.1) is 21.5 Å². The standard InChI is InChI=1S/C29H27ClN4O4S/c1-5-37-29(35)23-13-31-27(30)25-21(16-39-26(23)25)15-38-24-12-20(9-6-17(24)2)28-33-32-18(3)34(28)14-19-7-10-22(36-4)11-8-19/h6-13,16H,5,14-15H2,1-4H3. The lowest BCUT2D eigenvalue weighted by molar-refractivity contribution is 0.0528. The Morgan fingerprint density at radius 1 is 1.10 bits per heavy atom. The van der Waals surface area contributed by atoms with Crippen molar-refractivity contribution < 1.29 is 19.0 Å². The van der Waals surface area contributed by atoms with Crippen LogP contribution in [-0.2, 0) is 17.9 Å². The monoisotopic (exact) mass is 562 g/mol. The minimum atomic E-state index is -0.418. The molecule has 0 amide bonds. The number of aromatic nitrogens is 4. The van der Waals surface area contributed by atoms with Crippen LogP contribution < -0.4 is 9.47 Å². The van der Waals surface area contributed by atoms with Gasteiger partial charge in [0.15, 0.2) is 5.82 Å². The number of pyridine rings is 1. The molecule has 0 radical (unpaired) electrons. The summed E-state index contributed by atoms with van der Waals surface area (Å²) in [4.78, 5) is 16.6. The van der Waals surface area contributed by atoms with E-state index in [0.29, 0.717) is 28.4 Å². The molecule has 0 unspecified atom stereocenters. The van der Waals surface area contributed by atoms with Gasteiger partial charge >= 0.3 is 5.97 Å². The molecule has 0 spiro atoms. The van der Waals surface area contributed by atoms with Crippen molar-refractivity contribution in [3.63, 3.8) is 0 Å². The molecule has 8 nitrogen and oxygen atoms in total. The molecular formula is C29H27ClN4O4S. The van der Waals surface area contributed by atoms with E-state index < -0.39 is 5.97 Å². The molecule has 0 bridgehead atoms. The highest BCUT2D eigenvalue weighted by Crippen LogP contribution is 2.35. The van der Waals surface area contributed by atoms with E-state index in [9.17, 15) is 4.79 Å². The molecule has 0 atom stereocenters. The molecule has 200 valence electrons. The Balaban J connectivity index is 1.41. The number of ether oxygens (including phenoxy) is 3. The first-order valence-electron chi connectivity index (χ1n) is 12.4. The summed E-state index contributed by atoms with van der Waals surface area (Å²) < 4.78 is 19.5. The van der Waals surface area contributed by atoms with E-state index >= 15 is 0 Å². The molecule has 2 aromatic carbocycles. The minimum absolute atomic E-state index is 0.259. The topological polar surface area (TPSA) is 88.4 Å². The Morgan fingerprint density at radius 3 is 2.64 bits per heavy atom. The molecule has 0 saturated carbocycles. The fourth-order valence-electron chi connectivity index (χ4n) is 4.27. The van der Waals surface area contributed by atoms with E-state index in [1.165, 1.54) is 17.5 Å². The van der Waals surface area contributed by atoms with Gasteiger partial charge in [0, 0.05) is 22.7 Å². The first kappa shape index (κ1) is 26.6. The number of carbonyl (C=O) groups is 1. The summed E-state index contributed by atoms with van der Waals surface area (Å²) in [6, 6.07) is 13.9. The largest absolute Gasteiger partial charge is 0.497 e. The summed E-state index contributed by atoms with van der Waals surface area (Å²) in [6.07, 6.45) is 1.46. The predicted octanol–water partition coefficient (Wildman–Crippen LogP) is 6.64. The molecule has 0 saturated heterocycles. The summed E-state index contributed by atoms with van der Waals surface area (Å²) in [5.41, 5.74) is 4.23. The lowest BCUT2D eigenvalue weighted by atomic mass is 10.1. The highest BCUT2D eigenvalue weighted by Gasteiger charge is 2.19. The summed E-state index contributed by atoms with van der Waals surface area (Å²) in [7, 11) is 1.65. The van der Waals surface area contributed by atoms with Gasteiger partial charge in [-0.1, -0.05) is 35.9 Å². The number of methoxy groups -OCH3 is 1. The van der Waals surface area contributed by atoms with Crippen LogP contribution in [0.25, 0.3) is 21.5 Å². The maximum atomic E-state index is 12.4. The normalized spacial score (nSPS) is 11.1. The fraction of sp³-hybridized carbons (Fsp3) is 0.241. The average Bonchev–Trinajstić information content (AvgIpc) is 3.53. The van der Waals surface area contributed by atoms with E-state index in [4.69, 9.17) is 25.8 Å². The van der Waals surface area contributed by atoms with E-state index in [0.717, 1.165) is 44.4 Å². The van der Waals surface area contributed by atoms with E-state index in [2.05, 4.69) is 19.7 Å². The van der Waals surface area contributed by atoms with Crippen LogP contribution in [0.1, 0.15) is 39.8 Å². The number of fused-ring (bicyclic) bond motifs is 1. The lowest BCUT2D eigenvalue weighted by Gasteiger charge is -2.13. The van der Waals surface area contributed by atoms with Crippen molar-refractivity contribution in [1.29, 1.82) is 0 Å². The third-order valence-electron chi connectivity index (χ3n) is 6.39. The van der Waals surface area contributed by atoms with Gasteiger partial charge in [0.2, 0.25) is 0 Å². The maximum absolute atomic E-state index is 12.4. The first-order valence-corrected chi connectivity index (χ1v) is 13.6. The molecule has 3 heterocycles. The van der Waals surface area contributed by atoms with Crippen molar-refractivity contribution in [3.8, 4) is 22.9 Å². The second kappa shape index (κ2) is 11.4. The number of hydrogen-bond donors (Lipinski definition) is 0. The molecule has 10 heteroatoms. The second-order valence-electron chi connectivity index (χ2n) is 8.92. The van der Waals surface area contributed by atoms with Gasteiger partial charge in [0.25, 0.3) is 0 Å². The van der Waals surface area contributed by atoms with Crippen molar-refractivity contribution in [1.82, 2.24) is 19.7 Å². The molecule has 3 aromatic heterocycles. The van der Waals surface area contributed by atoms with Gasteiger partial charge in [0.05, 0.1) is 30.5 Å². The van der Waals surface area contributed by atoms with Crippen LogP contribution in [0.2, 0.25) is 5.15 Å². The van der Waals surface area contributed by atoms with Gasteiger partial charge in [-0.3, -0.25) is 0 Å². The zero-order valence-corrected chi connectivity index (χ0v) is 23.6. The van der Waals surface area contributed by atoms with Crippen LogP contribution in [0, 0.1) is 13.8 Å². The Hall–Kier alpha value is -3.95. The molecule has 0 aliphatic carbocycles.